The molecule has 0 atom stereocenters. The minimum atomic E-state index is 0.622. The van der Waals surface area contributed by atoms with Gasteiger partial charge in [-0.1, -0.05) is 0 Å². The van der Waals surface area contributed by atoms with Crippen LogP contribution < -0.4 is 5.73 Å². The first-order chi connectivity index (χ1) is 6.34. The highest BCUT2D eigenvalue weighted by molar-refractivity contribution is 5.86. The third-order valence-electron chi connectivity index (χ3n) is 2.60. The molecule has 13 heavy (non-hydrogen) atoms. The lowest BCUT2D eigenvalue weighted by atomic mass is 10.2. The van der Waals surface area contributed by atoms with Crippen LogP contribution in [0.1, 0.15) is 17.7 Å². The van der Waals surface area contributed by atoms with Crippen molar-refractivity contribution in [3.8, 4) is 0 Å². The van der Waals surface area contributed by atoms with Crippen LogP contribution in [0.3, 0.4) is 0 Å². The van der Waals surface area contributed by atoms with Gasteiger partial charge in [-0.25, -0.2) is 4.98 Å². The third-order valence-corrected chi connectivity index (χ3v) is 2.60. The minimum Gasteiger partial charge on any atom is -0.384 e. The van der Waals surface area contributed by atoms with Crippen molar-refractivity contribution in [2.75, 3.05) is 5.73 Å². The number of H-pyrrole nitrogens is 1. The summed E-state index contributed by atoms with van der Waals surface area (Å²) in [5.74, 6) is 0.622. The lowest BCUT2D eigenvalue weighted by Crippen LogP contribution is -1.89. The van der Waals surface area contributed by atoms with Crippen molar-refractivity contribution in [1.82, 2.24) is 15.2 Å². The topological polar surface area (TPSA) is 67.6 Å². The van der Waals surface area contributed by atoms with Crippen LogP contribution in [0.25, 0.3) is 11.0 Å². The zero-order valence-corrected chi connectivity index (χ0v) is 7.17. The molecule has 0 aromatic carbocycles. The van der Waals surface area contributed by atoms with Crippen molar-refractivity contribution < 1.29 is 0 Å². The molecule has 0 bridgehead atoms. The van der Waals surface area contributed by atoms with Crippen LogP contribution >= 0.6 is 0 Å². The van der Waals surface area contributed by atoms with E-state index in [0.29, 0.717) is 5.82 Å². The molecule has 2 aromatic heterocycles. The number of hydrogen-bond acceptors (Lipinski definition) is 3. The van der Waals surface area contributed by atoms with Gasteiger partial charge in [0.2, 0.25) is 0 Å². The van der Waals surface area contributed by atoms with Gasteiger partial charge in [-0.15, -0.1) is 0 Å². The van der Waals surface area contributed by atoms with Crippen LogP contribution in [0.5, 0.6) is 0 Å². The fourth-order valence-electron chi connectivity index (χ4n) is 1.92. The van der Waals surface area contributed by atoms with E-state index in [0.717, 1.165) is 23.9 Å². The van der Waals surface area contributed by atoms with E-state index in [9.17, 15) is 0 Å². The molecule has 66 valence electrons. The van der Waals surface area contributed by atoms with Crippen molar-refractivity contribution >= 4 is 16.9 Å². The van der Waals surface area contributed by atoms with E-state index >= 15 is 0 Å². The first kappa shape index (κ1) is 6.88. The van der Waals surface area contributed by atoms with Crippen molar-refractivity contribution in [3.05, 3.63) is 17.3 Å². The average molecular weight is 174 g/mol. The number of hydrogen-bond donors (Lipinski definition) is 2. The highest BCUT2D eigenvalue weighted by Crippen LogP contribution is 2.25. The largest absolute Gasteiger partial charge is 0.384 e. The molecular weight excluding hydrogens is 164 g/mol. The van der Waals surface area contributed by atoms with Crippen molar-refractivity contribution in [2.24, 2.45) is 0 Å². The Kier molecular flexibility index (Phi) is 1.17. The molecule has 0 unspecified atom stereocenters. The molecule has 0 radical (unpaired) electrons. The van der Waals surface area contributed by atoms with E-state index in [1.54, 1.807) is 0 Å². The standard InChI is InChI=1S/C9H10N4/c10-8-6-4-5-2-1-3-7(5)11-9(6)13-12-8/h4H,1-3H2,(H3,10,11,12,13). The Bertz CT molecular complexity index is 472. The molecule has 4 heteroatoms. The van der Waals surface area contributed by atoms with Gasteiger partial charge < -0.3 is 5.73 Å². The van der Waals surface area contributed by atoms with Crippen molar-refractivity contribution in [1.29, 1.82) is 0 Å². The Morgan fingerprint density at radius 2 is 2.31 bits per heavy atom. The van der Waals surface area contributed by atoms with Gasteiger partial charge in [-0.2, -0.15) is 5.10 Å². The summed E-state index contributed by atoms with van der Waals surface area (Å²) < 4.78 is 0. The smallest absolute Gasteiger partial charge is 0.183 e. The molecule has 2 aromatic rings. The summed E-state index contributed by atoms with van der Waals surface area (Å²) in [7, 11) is 0. The monoisotopic (exact) mass is 174 g/mol. The molecule has 0 saturated carbocycles. The van der Waals surface area contributed by atoms with Crippen LogP contribution in [0.4, 0.5) is 5.82 Å². The van der Waals surface area contributed by atoms with Gasteiger partial charge in [0.25, 0.3) is 0 Å². The molecule has 1 aliphatic carbocycles. The molecule has 0 amide bonds. The van der Waals surface area contributed by atoms with Gasteiger partial charge in [0.15, 0.2) is 5.65 Å². The molecule has 1 aliphatic rings. The number of nitrogens with one attached hydrogen (secondary N) is 1. The van der Waals surface area contributed by atoms with Gasteiger partial charge in [0, 0.05) is 5.69 Å². The van der Waals surface area contributed by atoms with E-state index in [-0.39, 0.29) is 0 Å². The van der Waals surface area contributed by atoms with Crippen LogP contribution in [0.2, 0.25) is 0 Å². The predicted octanol–water partition coefficient (Wildman–Crippen LogP) is 1.03. The van der Waals surface area contributed by atoms with Crippen LogP contribution in [-0.4, -0.2) is 15.2 Å². The van der Waals surface area contributed by atoms with E-state index in [1.807, 2.05) is 0 Å². The molecule has 3 rings (SSSR count). The molecule has 0 spiro atoms. The van der Waals surface area contributed by atoms with Gasteiger partial charge in [0.05, 0.1) is 5.39 Å². The Morgan fingerprint density at radius 1 is 1.38 bits per heavy atom. The summed E-state index contributed by atoms with van der Waals surface area (Å²) in [6, 6.07) is 2.11. The number of anilines is 1. The number of aromatic nitrogens is 3. The maximum absolute atomic E-state index is 5.71. The van der Waals surface area contributed by atoms with Crippen molar-refractivity contribution in [2.45, 2.75) is 19.3 Å². The highest BCUT2D eigenvalue weighted by atomic mass is 15.2. The maximum Gasteiger partial charge on any atom is 0.183 e. The molecule has 4 nitrogen and oxygen atoms in total. The number of fused-ring (bicyclic) bond motifs is 2. The van der Waals surface area contributed by atoms with Crippen LogP contribution in [0.15, 0.2) is 6.07 Å². The normalized spacial score (nSPS) is 15.1. The quantitative estimate of drug-likeness (QED) is 0.626. The first-order valence-corrected chi connectivity index (χ1v) is 4.47. The van der Waals surface area contributed by atoms with Crippen LogP contribution in [0, 0.1) is 0 Å². The Balaban J connectivity index is 2.38. The second-order valence-electron chi connectivity index (χ2n) is 3.46. The summed E-state index contributed by atoms with van der Waals surface area (Å²) in [6.45, 7) is 0. The van der Waals surface area contributed by atoms with Crippen LogP contribution in [-0.2, 0) is 12.8 Å². The summed E-state index contributed by atoms with van der Waals surface area (Å²) >= 11 is 0. The number of nitrogens with two attached hydrogens (primary N) is 1. The SMILES string of the molecule is Nc1[nH]nc2nc3c(cc12)CCC3. The van der Waals surface area contributed by atoms with Crippen molar-refractivity contribution in [3.63, 3.8) is 0 Å². The van der Waals surface area contributed by atoms with E-state index in [4.69, 9.17) is 5.73 Å². The highest BCUT2D eigenvalue weighted by Gasteiger charge is 2.15. The molecular formula is C9H10N4. The van der Waals surface area contributed by atoms with Gasteiger partial charge in [-0.05, 0) is 30.9 Å². The molecule has 0 fully saturated rings. The number of nitrogen functional groups attached to an aromatic ring is 1. The van der Waals surface area contributed by atoms with Gasteiger partial charge in [0.1, 0.15) is 5.82 Å². The Hall–Kier alpha value is -1.58. The number of nitrogens with zero attached hydrogens (tertiary/aromatic N) is 2. The summed E-state index contributed by atoms with van der Waals surface area (Å²) in [6.07, 6.45) is 3.42. The fourth-order valence-corrected chi connectivity index (χ4v) is 1.92. The van der Waals surface area contributed by atoms with E-state index < -0.39 is 0 Å². The third kappa shape index (κ3) is 0.854. The first-order valence-electron chi connectivity index (χ1n) is 4.47. The lowest BCUT2D eigenvalue weighted by Gasteiger charge is -1.96. The molecule has 2 heterocycles. The maximum atomic E-state index is 5.71. The predicted molar refractivity (Wildman–Crippen MR) is 50.3 cm³/mol. The number of aryl methyl sites for hydroxylation is 2. The number of pyridine rings is 1. The number of rotatable bonds is 0. The fraction of sp³-hybridized carbons (Fsp3) is 0.333. The summed E-state index contributed by atoms with van der Waals surface area (Å²) in [5.41, 5.74) is 8.99. The minimum absolute atomic E-state index is 0.622. The van der Waals surface area contributed by atoms with E-state index in [1.165, 1.54) is 17.7 Å². The Morgan fingerprint density at radius 3 is 3.23 bits per heavy atom. The summed E-state index contributed by atoms with van der Waals surface area (Å²) in [5, 5.41) is 7.74. The Labute approximate surface area is 75.2 Å². The second kappa shape index (κ2) is 2.22. The lowest BCUT2D eigenvalue weighted by molar-refractivity contribution is 0.899. The van der Waals surface area contributed by atoms with Gasteiger partial charge >= 0.3 is 0 Å². The average Bonchev–Trinajstić information content (AvgIpc) is 2.70. The molecule has 0 aliphatic heterocycles. The summed E-state index contributed by atoms with van der Waals surface area (Å²) in [4.78, 5) is 4.45. The van der Waals surface area contributed by atoms with E-state index in [2.05, 4.69) is 21.2 Å². The second-order valence-corrected chi connectivity index (χ2v) is 3.46. The zero-order chi connectivity index (χ0) is 8.84. The number of aromatic amines is 1. The zero-order valence-electron chi connectivity index (χ0n) is 7.17. The van der Waals surface area contributed by atoms with Gasteiger partial charge in [-0.3, -0.25) is 5.10 Å². The molecule has 0 saturated heterocycles. The molecule has 3 N–H and O–H groups in total.